The zero-order valence-electron chi connectivity index (χ0n) is 8.25. The molecule has 3 N–H and O–H groups in total. The van der Waals surface area contributed by atoms with Crippen molar-refractivity contribution in [1.29, 1.82) is 0 Å². The van der Waals surface area contributed by atoms with E-state index in [0.29, 0.717) is 5.92 Å². The Morgan fingerprint density at radius 3 is 3.00 bits per heavy atom. The lowest BCUT2D eigenvalue weighted by Crippen LogP contribution is -2.20. The lowest BCUT2D eigenvalue weighted by atomic mass is 10.2. The average molecular weight is 179 g/mol. The first-order valence-corrected chi connectivity index (χ1v) is 4.58. The molecule has 13 heavy (non-hydrogen) atoms. The fraction of sp³-hybridized carbons (Fsp3) is 0.500. The van der Waals surface area contributed by atoms with Crippen molar-refractivity contribution in [2.45, 2.75) is 13.8 Å². The highest BCUT2D eigenvalue weighted by atomic mass is 14.9. The fourth-order valence-corrected chi connectivity index (χ4v) is 1.04. The molecule has 1 heterocycles. The van der Waals surface area contributed by atoms with Crippen molar-refractivity contribution < 1.29 is 0 Å². The smallest absolute Gasteiger partial charge is 0.0400 e. The molecule has 0 saturated carbocycles. The summed E-state index contributed by atoms with van der Waals surface area (Å²) in [5, 5.41) is 3.34. The molecule has 3 nitrogen and oxygen atoms in total. The van der Waals surface area contributed by atoms with Crippen molar-refractivity contribution in [2.75, 3.05) is 18.4 Å². The number of aryl methyl sites for hydroxylation is 1. The first kappa shape index (κ1) is 9.99. The molecule has 1 aromatic heterocycles. The number of hydrogen-bond donors (Lipinski definition) is 2. The Labute approximate surface area is 79.4 Å². The number of anilines is 1. The van der Waals surface area contributed by atoms with E-state index in [-0.39, 0.29) is 0 Å². The quantitative estimate of drug-likeness (QED) is 0.734. The second-order valence-electron chi connectivity index (χ2n) is 3.41. The van der Waals surface area contributed by atoms with Crippen LogP contribution in [0.5, 0.6) is 0 Å². The molecule has 0 saturated heterocycles. The summed E-state index contributed by atoms with van der Waals surface area (Å²) in [6.45, 7) is 5.81. The number of nitrogens with zero attached hydrogens (tertiary/aromatic N) is 1. The molecule has 0 radical (unpaired) electrons. The van der Waals surface area contributed by atoms with E-state index in [1.54, 1.807) is 6.20 Å². The largest absolute Gasteiger partial charge is 0.384 e. The zero-order chi connectivity index (χ0) is 9.68. The topological polar surface area (TPSA) is 50.9 Å². The van der Waals surface area contributed by atoms with Gasteiger partial charge in [0, 0.05) is 24.6 Å². The Hall–Kier alpha value is -1.09. The summed E-state index contributed by atoms with van der Waals surface area (Å²) in [5.41, 5.74) is 7.84. The normalized spacial score (nSPS) is 12.5. The highest BCUT2D eigenvalue weighted by Gasteiger charge is 2.00. The van der Waals surface area contributed by atoms with Gasteiger partial charge >= 0.3 is 0 Å². The monoisotopic (exact) mass is 179 g/mol. The van der Waals surface area contributed by atoms with Crippen molar-refractivity contribution in [3.63, 3.8) is 0 Å². The van der Waals surface area contributed by atoms with E-state index in [4.69, 9.17) is 5.73 Å². The van der Waals surface area contributed by atoms with Crippen LogP contribution in [0.15, 0.2) is 18.5 Å². The van der Waals surface area contributed by atoms with E-state index < -0.39 is 0 Å². The first-order valence-electron chi connectivity index (χ1n) is 4.58. The SMILES string of the molecule is Cc1cnccc1NCC(C)CN. The van der Waals surface area contributed by atoms with Gasteiger partial charge in [0.25, 0.3) is 0 Å². The summed E-state index contributed by atoms with van der Waals surface area (Å²) >= 11 is 0. The summed E-state index contributed by atoms with van der Waals surface area (Å²) in [7, 11) is 0. The number of hydrogen-bond acceptors (Lipinski definition) is 3. The second kappa shape index (κ2) is 4.82. The number of aromatic nitrogens is 1. The maximum atomic E-state index is 5.52. The van der Waals surface area contributed by atoms with Gasteiger partial charge in [0.15, 0.2) is 0 Å². The van der Waals surface area contributed by atoms with Gasteiger partial charge < -0.3 is 11.1 Å². The van der Waals surface area contributed by atoms with Gasteiger partial charge in [0.2, 0.25) is 0 Å². The summed E-state index contributed by atoms with van der Waals surface area (Å²) in [5.74, 6) is 0.507. The van der Waals surface area contributed by atoms with Crippen molar-refractivity contribution in [2.24, 2.45) is 11.7 Å². The molecular weight excluding hydrogens is 162 g/mol. The highest BCUT2D eigenvalue weighted by Crippen LogP contribution is 2.11. The summed E-state index contributed by atoms with van der Waals surface area (Å²) in [4.78, 5) is 4.03. The van der Waals surface area contributed by atoms with E-state index in [2.05, 4.69) is 17.2 Å². The van der Waals surface area contributed by atoms with Crippen molar-refractivity contribution in [1.82, 2.24) is 4.98 Å². The van der Waals surface area contributed by atoms with Crippen molar-refractivity contribution >= 4 is 5.69 Å². The summed E-state index contributed by atoms with van der Waals surface area (Å²) in [6.07, 6.45) is 3.65. The van der Waals surface area contributed by atoms with Gasteiger partial charge in [0.1, 0.15) is 0 Å². The zero-order valence-corrected chi connectivity index (χ0v) is 8.25. The molecule has 3 heteroatoms. The lowest BCUT2D eigenvalue weighted by molar-refractivity contribution is 0.628. The first-order chi connectivity index (χ1) is 6.24. The van der Waals surface area contributed by atoms with Crippen LogP contribution in [-0.4, -0.2) is 18.1 Å². The maximum absolute atomic E-state index is 5.52. The molecule has 1 aromatic rings. The average Bonchev–Trinajstić information content (AvgIpc) is 2.16. The molecule has 0 spiro atoms. The summed E-state index contributed by atoms with van der Waals surface area (Å²) in [6, 6.07) is 1.98. The van der Waals surface area contributed by atoms with Crippen LogP contribution >= 0.6 is 0 Å². The number of nitrogens with two attached hydrogens (primary N) is 1. The molecule has 72 valence electrons. The van der Waals surface area contributed by atoms with Gasteiger partial charge in [-0.1, -0.05) is 6.92 Å². The Morgan fingerprint density at radius 1 is 1.62 bits per heavy atom. The minimum Gasteiger partial charge on any atom is -0.384 e. The van der Waals surface area contributed by atoms with Gasteiger partial charge in [-0.25, -0.2) is 0 Å². The van der Waals surface area contributed by atoms with E-state index in [1.807, 2.05) is 19.2 Å². The van der Waals surface area contributed by atoms with Crippen molar-refractivity contribution in [3.8, 4) is 0 Å². The third-order valence-corrected chi connectivity index (χ3v) is 2.06. The molecule has 0 aliphatic heterocycles. The Bertz CT molecular complexity index is 260. The molecular formula is C10H17N3. The fourth-order valence-electron chi connectivity index (χ4n) is 1.04. The molecule has 0 bridgehead atoms. The third-order valence-electron chi connectivity index (χ3n) is 2.06. The van der Waals surface area contributed by atoms with E-state index in [0.717, 1.165) is 18.8 Å². The Balaban J connectivity index is 2.50. The predicted molar refractivity (Wildman–Crippen MR) is 55.7 cm³/mol. The molecule has 0 aliphatic rings. The minimum absolute atomic E-state index is 0.507. The Morgan fingerprint density at radius 2 is 2.38 bits per heavy atom. The summed E-state index contributed by atoms with van der Waals surface area (Å²) < 4.78 is 0. The van der Waals surface area contributed by atoms with Crippen LogP contribution in [0.25, 0.3) is 0 Å². The van der Waals surface area contributed by atoms with Crippen LogP contribution in [0.3, 0.4) is 0 Å². The van der Waals surface area contributed by atoms with Gasteiger partial charge in [-0.2, -0.15) is 0 Å². The third kappa shape index (κ3) is 3.03. The number of nitrogens with one attached hydrogen (secondary N) is 1. The van der Waals surface area contributed by atoms with Crippen molar-refractivity contribution in [3.05, 3.63) is 24.0 Å². The van der Waals surface area contributed by atoms with Crippen LogP contribution in [0.2, 0.25) is 0 Å². The molecule has 0 aromatic carbocycles. The predicted octanol–water partition coefficient (Wildman–Crippen LogP) is 1.40. The van der Waals surface area contributed by atoms with Crippen LogP contribution in [0, 0.1) is 12.8 Å². The molecule has 0 amide bonds. The molecule has 1 rings (SSSR count). The molecule has 0 fully saturated rings. The second-order valence-corrected chi connectivity index (χ2v) is 3.41. The standard InChI is InChI=1S/C10H17N3/c1-8(5-11)6-13-10-3-4-12-7-9(10)2/h3-4,7-8H,5-6,11H2,1-2H3,(H,12,13). The van der Waals surface area contributed by atoms with Gasteiger partial charge in [-0.05, 0) is 31.0 Å². The minimum atomic E-state index is 0.507. The van der Waals surface area contributed by atoms with E-state index in [9.17, 15) is 0 Å². The van der Waals surface area contributed by atoms with E-state index >= 15 is 0 Å². The van der Waals surface area contributed by atoms with Gasteiger partial charge in [-0.3, -0.25) is 4.98 Å². The van der Waals surface area contributed by atoms with E-state index in [1.165, 1.54) is 5.56 Å². The van der Waals surface area contributed by atoms with Crippen LogP contribution < -0.4 is 11.1 Å². The lowest BCUT2D eigenvalue weighted by Gasteiger charge is -2.12. The molecule has 1 atom stereocenters. The highest BCUT2D eigenvalue weighted by molar-refractivity contribution is 5.48. The molecule has 0 aliphatic carbocycles. The number of pyridine rings is 1. The van der Waals surface area contributed by atoms with Gasteiger partial charge in [-0.15, -0.1) is 0 Å². The van der Waals surface area contributed by atoms with Crippen LogP contribution in [0.4, 0.5) is 5.69 Å². The van der Waals surface area contributed by atoms with Crippen LogP contribution in [-0.2, 0) is 0 Å². The molecule has 1 unspecified atom stereocenters. The van der Waals surface area contributed by atoms with Gasteiger partial charge in [0.05, 0.1) is 0 Å². The van der Waals surface area contributed by atoms with Crippen LogP contribution in [0.1, 0.15) is 12.5 Å². The Kier molecular flexibility index (Phi) is 3.71. The maximum Gasteiger partial charge on any atom is 0.0400 e. The number of rotatable bonds is 4.